The van der Waals surface area contributed by atoms with Crippen LogP contribution in [0.4, 0.5) is 5.13 Å². The normalized spacial score (nSPS) is 12.1. The molecule has 0 aliphatic rings. The third kappa shape index (κ3) is 11.0. The lowest BCUT2D eigenvalue weighted by atomic mass is 9.90. The summed E-state index contributed by atoms with van der Waals surface area (Å²) in [5.74, 6) is -0.640. The Balaban J connectivity index is 0.000000942. The zero-order chi connectivity index (χ0) is 31.9. The van der Waals surface area contributed by atoms with Crippen molar-refractivity contribution in [1.29, 1.82) is 5.26 Å². The summed E-state index contributed by atoms with van der Waals surface area (Å²) < 4.78 is 0. The van der Waals surface area contributed by atoms with Crippen molar-refractivity contribution >= 4 is 41.1 Å². The number of nitriles is 1. The van der Waals surface area contributed by atoms with Gasteiger partial charge in [-0.15, -0.1) is 0 Å². The standard InChI is InChI=1S/C26H41N5O2S.C7H6O/c1-10-12-14-30(15-13-11-2)25-28-23(26(5,6)7)22(34-25)16-19(3)20(4)21(17-27)24(33)31(18-32)29(8)9;8-6-7-4-2-1-3-5-7/h16,18H,10-15H2,1-9H3;1-6H/b19-16+,21-20-;. The van der Waals surface area contributed by atoms with Crippen molar-refractivity contribution in [2.75, 3.05) is 32.1 Å². The number of allylic oxidation sites excluding steroid dienone is 2. The van der Waals surface area contributed by atoms with Crippen molar-refractivity contribution < 1.29 is 14.4 Å². The Kier molecular flexibility index (Phi) is 15.6. The van der Waals surface area contributed by atoms with E-state index in [1.165, 1.54) is 5.01 Å². The van der Waals surface area contributed by atoms with E-state index in [1.807, 2.05) is 37.3 Å². The monoisotopic (exact) mass is 593 g/mol. The van der Waals surface area contributed by atoms with Crippen LogP contribution in [-0.2, 0) is 15.0 Å². The van der Waals surface area contributed by atoms with Crippen LogP contribution in [0.2, 0.25) is 0 Å². The van der Waals surface area contributed by atoms with Crippen LogP contribution in [-0.4, -0.2) is 60.8 Å². The molecular formula is C33H47N5O3S. The van der Waals surface area contributed by atoms with E-state index < -0.39 is 5.91 Å². The number of nitrogens with zero attached hydrogens (tertiary/aromatic N) is 5. The summed E-state index contributed by atoms with van der Waals surface area (Å²) in [6, 6.07) is 11.1. The highest BCUT2D eigenvalue weighted by atomic mass is 32.1. The molecule has 1 aromatic heterocycles. The Bertz CT molecular complexity index is 1260. The number of aromatic nitrogens is 1. The minimum Gasteiger partial charge on any atom is -0.348 e. The third-order valence-electron chi connectivity index (χ3n) is 6.50. The van der Waals surface area contributed by atoms with Gasteiger partial charge in [-0.05, 0) is 43.9 Å². The molecular weight excluding hydrogens is 546 g/mol. The Morgan fingerprint density at radius 3 is 2.00 bits per heavy atom. The molecule has 0 N–H and O–H groups in total. The van der Waals surface area contributed by atoms with Crippen molar-refractivity contribution in [2.24, 2.45) is 0 Å². The van der Waals surface area contributed by atoms with Gasteiger partial charge in [-0.1, -0.05) is 89.1 Å². The summed E-state index contributed by atoms with van der Waals surface area (Å²) >= 11 is 1.66. The van der Waals surface area contributed by atoms with Gasteiger partial charge in [0, 0.05) is 38.2 Å². The van der Waals surface area contributed by atoms with Crippen molar-refractivity contribution in [3.05, 3.63) is 63.2 Å². The lowest BCUT2D eigenvalue weighted by Crippen LogP contribution is -2.41. The van der Waals surface area contributed by atoms with Gasteiger partial charge in [-0.2, -0.15) is 5.26 Å². The number of hydrogen-bond donors (Lipinski definition) is 0. The Morgan fingerprint density at radius 1 is 1.02 bits per heavy atom. The minimum atomic E-state index is -0.640. The number of aldehydes is 1. The van der Waals surface area contributed by atoms with Gasteiger partial charge in [0.05, 0.1) is 10.6 Å². The van der Waals surface area contributed by atoms with Gasteiger partial charge in [0.1, 0.15) is 17.9 Å². The lowest BCUT2D eigenvalue weighted by molar-refractivity contribution is -0.148. The van der Waals surface area contributed by atoms with Crippen LogP contribution in [0.1, 0.15) is 95.1 Å². The van der Waals surface area contributed by atoms with Crippen LogP contribution in [0.15, 0.2) is 47.1 Å². The molecule has 1 heterocycles. The molecule has 42 heavy (non-hydrogen) atoms. The first-order valence-corrected chi connectivity index (χ1v) is 15.2. The fourth-order valence-corrected chi connectivity index (χ4v) is 5.19. The van der Waals surface area contributed by atoms with Crippen molar-refractivity contribution in [1.82, 2.24) is 15.0 Å². The second kappa shape index (κ2) is 18.0. The smallest absolute Gasteiger partial charge is 0.285 e. The number of amides is 2. The summed E-state index contributed by atoms with van der Waals surface area (Å²) in [5.41, 5.74) is 2.86. The van der Waals surface area contributed by atoms with Gasteiger partial charge < -0.3 is 4.90 Å². The second-order valence-corrected chi connectivity index (χ2v) is 12.2. The number of hydrazine groups is 1. The Morgan fingerprint density at radius 2 is 1.60 bits per heavy atom. The predicted octanol–water partition coefficient (Wildman–Crippen LogP) is 7.05. The van der Waals surface area contributed by atoms with Crippen molar-refractivity contribution in [2.45, 2.75) is 79.6 Å². The predicted molar refractivity (Wildman–Crippen MR) is 173 cm³/mol. The number of benzene rings is 1. The molecule has 0 saturated carbocycles. The first kappa shape index (κ1) is 36.4. The maximum atomic E-state index is 12.8. The number of carbonyl (C=O) groups is 3. The van der Waals surface area contributed by atoms with Crippen LogP contribution >= 0.6 is 11.3 Å². The maximum absolute atomic E-state index is 12.8. The maximum Gasteiger partial charge on any atom is 0.285 e. The molecule has 0 atom stereocenters. The number of carbonyl (C=O) groups excluding carboxylic acids is 3. The van der Waals surface area contributed by atoms with E-state index in [0.29, 0.717) is 12.0 Å². The Labute approximate surface area is 256 Å². The molecule has 0 fully saturated rings. The summed E-state index contributed by atoms with van der Waals surface area (Å²) in [6.45, 7) is 16.4. The summed E-state index contributed by atoms with van der Waals surface area (Å²) in [5, 5.41) is 13.0. The SMILES string of the molecule is CCCCN(CCCC)c1nc(C(C)(C)C)c(/C=C(C)/C(C)=C(/C#N)C(=O)N(C=O)N(C)C)s1.O=Cc1ccccc1. The molecule has 0 aliphatic carbocycles. The number of rotatable bonds is 13. The summed E-state index contributed by atoms with van der Waals surface area (Å²) in [4.78, 5) is 42.6. The summed E-state index contributed by atoms with van der Waals surface area (Å²) in [6.07, 6.45) is 7.76. The van der Waals surface area contributed by atoms with E-state index in [4.69, 9.17) is 4.98 Å². The van der Waals surface area contributed by atoms with E-state index >= 15 is 0 Å². The van der Waals surface area contributed by atoms with E-state index in [-0.39, 0.29) is 11.0 Å². The van der Waals surface area contributed by atoms with Gasteiger partial charge in [-0.3, -0.25) is 14.4 Å². The van der Waals surface area contributed by atoms with E-state index in [0.717, 1.165) is 76.9 Å². The van der Waals surface area contributed by atoms with Crippen LogP contribution < -0.4 is 4.90 Å². The van der Waals surface area contributed by atoms with Gasteiger partial charge in [0.15, 0.2) is 5.13 Å². The molecule has 0 unspecified atom stereocenters. The highest BCUT2D eigenvalue weighted by molar-refractivity contribution is 7.16. The number of thiazole rings is 1. The van der Waals surface area contributed by atoms with Gasteiger partial charge >= 0.3 is 0 Å². The highest BCUT2D eigenvalue weighted by Crippen LogP contribution is 2.36. The number of imide groups is 1. The highest BCUT2D eigenvalue weighted by Gasteiger charge is 2.26. The van der Waals surface area contributed by atoms with Gasteiger partial charge in [-0.25, -0.2) is 15.0 Å². The lowest BCUT2D eigenvalue weighted by Gasteiger charge is -2.22. The van der Waals surface area contributed by atoms with Gasteiger partial charge in [0.25, 0.3) is 5.91 Å². The zero-order valence-electron chi connectivity index (χ0n) is 26.7. The minimum absolute atomic E-state index is 0.0517. The number of unbranched alkanes of at least 4 members (excludes halogenated alkanes) is 2. The first-order chi connectivity index (χ1) is 19.9. The molecule has 0 spiro atoms. The third-order valence-corrected chi connectivity index (χ3v) is 7.56. The second-order valence-electron chi connectivity index (χ2n) is 11.2. The molecule has 0 saturated heterocycles. The molecule has 9 heteroatoms. The Hall–Kier alpha value is -3.61. The number of anilines is 1. The topological polar surface area (TPSA) is 97.6 Å². The molecule has 1 aromatic carbocycles. The van der Waals surface area contributed by atoms with Crippen LogP contribution in [0.3, 0.4) is 0 Å². The molecule has 2 amide bonds. The average molecular weight is 594 g/mol. The quantitative estimate of drug-likeness (QED) is 0.0807. The van der Waals surface area contributed by atoms with Crippen LogP contribution in [0, 0.1) is 11.3 Å². The van der Waals surface area contributed by atoms with E-state index in [1.54, 1.807) is 44.5 Å². The van der Waals surface area contributed by atoms with E-state index in [9.17, 15) is 19.6 Å². The molecule has 0 bridgehead atoms. The molecule has 2 aromatic rings. The largest absolute Gasteiger partial charge is 0.348 e. The first-order valence-electron chi connectivity index (χ1n) is 14.4. The molecule has 228 valence electrons. The van der Waals surface area contributed by atoms with Crippen LogP contribution in [0.5, 0.6) is 0 Å². The average Bonchev–Trinajstić information content (AvgIpc) is 3.38. The van der Waals surface area contributed by atoms with Crippen molar-refractivity contribution in [3.63, 3.8) is 0 Å². The molecule has 0 radical (unpaired) electrons. The fraction of sp³-hybridized carbons (Fsp3) is 0.485. The number of hydrogen-bond acceptors (Lipinski definition) is 8. The van der Waals surface area contributed by atoms with Crippen molar-refractivity contribution in [3.8, 4) is 6.07 Å². The molecule has 8 nitrogen and oxygen atoms in total. The fourth-order valence-electron chi connectivity index (χ4n) is 3.86. The molecule has 2 rings (SSSR count). The van der Waals surface area contributed by atoms with E-state index in [2.05, 4.69) is 39.5 Å². The zero-order valence-corrected chi connectivity index (χ0v) is 27.5. The summed E-state index contributed by atoms with van der Waals surface area (Å²) in [7, 11) is 3.16. The van der Waals surface area contributed by atoms with Crippen LogP contribution in [0.25, 0.3) is 6.08 Å². The van der Waals surface area contributed by atoms with Gasteiger partial charge in [0.2, 0.25) is 6.41 Å². The molecule has 0 aliphatic heterocycles.